The lowest BCUT2D eigenvalue weighted by Gasteiger charge is -2.37. The lowest BCUT2D eigenvalue weighted by atomic mass is 10.1. The van der Waals surface area contributed by atoms with Gasteiger partial charge in [-0.3, -0.25) is 14.4 Å². The number of hydrogen-bond acceptors (Lipinski definition) is 6. The van der Waals surface area contributed by atoms with Crippen molar-refractivity contribution in [2.24, 2.45) is 0 Å². The minimum absolute atomic E-state index is 0.134. The maximum Gasteiger partial charge on any atom is 0.267 e. The molecule has 0 bridgehead atoms. The number of nitrogens with zero attached hydrogens (tertiary/aromatic N) is 2. The molecule has 2 aliphatic heterocycles. The minimum Gasteiger partial charge on any atom is -0.485 e. The summed E-state index contributed by atoms with van der Waals surface area (Å²) < 4.78 is 11.5. The normalized spacial score (nSPS) is 17.2. The van der Waals surface area contributed by atoms with Crippen LogP contribution in [0.3, 0.4) is 0 Å². The monoisotopic (exact) mass is 477 g/mol. The number of benzene rings is 2. The van der Waals surface area contributed by atoms with Gasteiger partial charge < -0.3 is 24.6 Å². The summed E-state index contributed by atoms with van der Waals surface area (Å²) >= 11 is 1.36. The van der Waals surface area contributed by atoms with Crippen molar-refractivity contribution in [1.29, 1.82) is 0 Å². The molecule has 174 valence electrons. The first-order valence-corrected chi connectivity index (χ1v) is 11.9. The Morgan fingerprint density at radius 3 is 2.41 bits per heavy atom. The Morgan fingerprint density at radius 2 is 1.65 bits per heavy atom. The molecule has 1 saturated heterocycles. The van der Waals surface area contributed by atoms with Crippen LogP contribution in [0.1, 0.15) is 20.0 Å². The van der Waals surface area contributed by atoms with Crippen LogP contribution in [0.15, 0.2) is 66.0 Å². The second kappa shape index (κ2) is 9.56. The highest BCUT2D eigenvalue weighted by Crippen LogP contribution is 2.31. The van der Waals surface area contributed by atoms with Crippen LogP contribution in [0.5, 0.6) is 11.5 Å². The number of anilines is 1. The Balaban J connectivity index is 1.17. The molecule has 3 heterocycles. The molecule has 1 aromatic heterocycles. The van der Waals surface area contributed by atoms with Gasteiger partial charge in [-0.2, -0.15) is 0 Å². The van der Waals surface area contributed by atoms with Crippen molar-refractivity contribution in [3.8, 4) is 11.5 Å². The number of rotatable bonds is 4. The number of nitrogens with one attached hydrogen (secondary N) is 1. The molecule has 1 N–H and O–H groups in total. The number of fused-ring (bicyclic) bond motifs is 1. The molecular formula is C25H23N3O5S. The number of thiophene rings is 1. The zero-order valence-electron chi connectivity index (χ0n) is 18.3. The summed E-state index contributed by atoms with van der Waals surface area (Å²) in [5.74, 6) is 0.719. The first-order chi connectivity index (χ1) is 16.6. The van der Waals surface area contributed by atoms with E-state index in [1.54, 1.807) is 46.2 Å². The molecule has 2 aliphatic rings. The Hall–Kier alpha value is -3.85. The molecule has 9 heteroatoms. The molecule has 8 nitrogen and oxygen atoms in total. The molecule has 34 heavy (non-hydrogen) atoms. The van der Waals surface area contributed by atoms with E-state index >= 15 is 0 Å². The number of piperazine rings is 1. The third-order valence-corrected chi connectivity index (χ3v) is 6.64. The average Bonchev–Trinajstić information content (AvgIpc) is 3.43. The SMILES string of the molecule is O=C(Nc1cccc(C(=O)N2CCN(C(=O)[C@H]3COc4ccccc4O3)CC2)c1)c1cccs1. The zero-order chi connectivity index (χ0) is 23.5. The topological polar surface area (TPSA) is 88.2 Å². The fourth-order valence-electron chi connectivity index (χ4n) is 3.99. The first-order valence-electron chi connectivity index (χ1n) is 11.0. The van der Waals surface area contributed by atoms with Gasteiger partial charge in [-0.25, -0.2) is 0 Å². The Bertz CT molecular complexity index is 1200. The third kappa shape index (κ3) is 4.60. The van der Waals surface area contributed by atoms with E-state index in [4.69, 9.17) is 9.47 Å². The minimum atomic E-state index is -0.694. The fourth-order valence-corrected chi connectivity index (χ4v) is 4.61. The predicted octanol–water partition coefficient (Wildman–Crippen LogP) is 3.12. The summed E-state index contributed by atoms with van der Waals surface area (Å²) in [6.45, 7) is 1.84. The summed E-state index contributed by atoms with van der Waals surface area (Å²) in [5.41, 5.74) is 1.05. The van der Waals surface area contributed by atoms with E-state index in [9.17, 15) is 14.4 Å². The van der Waals surface area contributed by atoms with Crippen molar-refractivity contribution >= 4 is 34.7 Å². The lowest BCUT2D eigenvalue weighted by Crippen LogP contribution is -2.55. The molecule has 3 amide bonds. The smallest absolute Gasteiger partial charge is 0.267 e. The summed E-state index contributed by atoms with van der Waals surface area (Å²) in [6, 6.07) is 17.7. The number of carbonyl (C=O) groups is 3. The van der Waals surface area contributed by atoms with E-state index in [0.29, 0.717) is 53.8 Å². The molecule has 5 rings (SSSR count). The number of carbonyl (C=O) groups excluding carboxylic acids is 3. The van der Waals surface area contributed by atoms with Crippen LogP contribution in [0.4, 0.5) is 5.69 Å². The van der Waals surface area contributed by atoms with Crippen LogP contribution in [0, 0.1) is 0 Å². The van der Waals surface area contributed by atoms with Crippen LogP contribution in [0.25, 0.3) is 0 Å². The molecule has 1 atom stereocenters. The Labute approximate surface area is 200 Å². The maximum atomic E-state index is 13.0. The van der Waals surface area contributed by atoms with Crippen LogP contribution in [0.2, 0.25) is 0 Å². The van der Waals surface area contributed by atoms with Gasteiger partial charge >= 0.3 is 0 Å². The third-order valence-electron chi connectivity index (χ3n) is 5.77. The molecule has 2 aromatic carbocycles. The highest BCUT2D eigenvalue weighted by molar-refractivity contribution is 7.12. The van der Waals surface area contributed by atoms with Crippen LogP contribution in [-0.4, -0.2) is 66.4 Å². The van der Waals surface area contributed by atoms with Crippen molar-refractivity contribution in [3.63, 3.8) is 0 Å². The highest BCUT2D eigenvalue weighted by Gasteiger charge is 2.33. The fraction of sp³-hybridized carbons (Fsp3) is 0.240. The maximum absolute atomic E-state index is 13.0. The lowest BCUT2D eigenvalue weighted by molar-refractivity contribution is -0.142. The second-order valence-electron chi connectivity index (χ2n) is 7.99. The van der Waals surface area contributed by atoms with Gasteiger partial charge in [-0.15, -0.1) is 11.3 Å². The van der Waals surface area contributed by atoms with Crippen molar-refractivity contribution in [3.05, 3.63) is 76.5 Å². The standard InChI is InChI=1S/C25H23N3O5S/c29-23(22-9-4-14-34-22)26-18-6-3-5-17(15-18)24(30)27-10-12-28(13-11-27)25(31)21-16-32-19-7-1-2-8-20(19)33-21/h1-9,14-15,21H,10-13,16H2,(H,26,29)/t21-/m1/s1. The summed E-state index contributed by atoms with van der Waals surface area (Å²) in [6.07, 6.45) is -0.694. The largest absolute Gasteiger partial charge is 0.485 e. The van der Waals surface area contributed by atoms with E-state index in [0.717, 1.165) is 0 Å². The number of ether oxygens (including phenoxy) is 2. The predicted molar refractivity (Wildman–Crippen MR) is 128 cm³/mol. The van der Waals surface area contributed by atoms with E-state index in [-0.39, 0.29) is 24.3 Å². The van der Waals surface area contributed by atoms with E-state index in [1.807, 2.05) is 29.6 Å². The summed E-state index contributed by atoms with van der Waals surface area (Å²) in [7, 11) is 0. The van der Waals surface area contributed by atoms with Gasteiger partial charge in [-0.05, 0) is 41.8 Å². The molecule has 0 unspecified atom stereocenters. The van der Waals surface area contributed by atoms with Gasteiger partial charge in [0.25, 0.3) is 17.7 Å². The van der Waals surface area contributed by atoms with Crippen LogP contribution in [-0.2, 0) is 4.79 Å². The van der Waals surface area contributed by atoms with E-state index < -0.39 is 6.10 Å². The van der Waals surface area contributed by atoms with Crippen molar-refractivity contribution in [2.45, 2.75) is 6.10 Å². The quantitative estimate of drug-likeness (QED) is 0.624. The highest BCUT2D eigenvalue weighted by atomic mass is 32.1. The van der Waals surface area contributed by atoms with Gasteiger partial charge in [0.1, 0.15) is 6.61 Å². The molecule has 0 spiro atoms. The van der Waals surface area contributed by atoms with Gasteiger partial charge in [0, 0.05) is 37.4 Å². The molecular weight excluding hydrogens is 454 g/mol. The van der Waals surface area contributed by atoms with Gasteiger partial charge in [-0.1, -0.05) is 24.3 Å². The molecule has 0 radical (unpaired) electrons. The van der Waals surface area contributed by atoms with Gasteiger partial charge in [0.05, 0.1) is 4.88 Å². The zero-order valence-corrected chi connectivity index (χ0v) is 19.1. The summed E-state index contributed by atoms with van der Waals surface area (Å²) in [5, 5.41) is 4.67. The van der Waals surface area contributed by atoms with E-state index in [2.05, 4.69) is 5.32 Å². The van der Waals surface area contributed by atoms with Gasteiger partial charge in [0.15, 0.2) is 11.5 Å². The van der Waals surface area contributed by atoms with Crippen molar-refractivity contribution in [2.75, 3.05) is 38.1 Å². The summed E-state index contributed by atoms with van der Waals surface area (Å²) in [4.78, 5) is 42.3. The Morgan fingerprint density at radius 1 is 0.882 bits per heavy atom. The van der Waals surface area contributed by atoms with Crippen molar-refractivity contribution < 1.29 is 23.9 Å². The Kier molecular flexibility index (Phi) is 6.18. The number of para-hydroxylation sites is 2. The van der Waals surface area contributed by atoms with Gasteiger partial charge in [0.2, 0.25) is 6.10 Å². The molecule has 0 saturated carbocycles. The van der Waals surface area contributed by atoms with Crippen LogP contribution >= 0.6 is 11.3 Å². The molecule has 1 fully saturated rings. The van der Waals surface area contributed by atoms with E-state index in [1.165, 1.54) is 11.3 Å². The van der Waals surface area contributed by atoms with Crippen LogP contribution < -0.4 is 14.8 Å². The second-order valence-corrected chi connectivity index (χ2v) is 8.94. The van der Waals surface area contributed by atoms with Crippen molar-refractivity contribution in [1.82, 2.24) is 9.80 Å². The molecule has 3 aromatic rings. The molecule has 0 aliphatic carbocycles. The number of amides is 3. The first kappa shape index (κ1) is 22.0. The number of hydrogen-bond donors (Lipinski definition) is 1. The average molecular weight is 478 g/mol.